The van der Waals surface area contributed by atoms with Crippen molar-refractivity contribution in [3.63, 3.8) is 0 Å². The number of carbonyl (C=O) groups excluding carboxylic acids is 1. The summed E-state index contributed by atoms with van der Waals surface area (Å²) in [5.74, 6) is -0.184. The zero-order valence-corrected chi connectivity index (χ0v) is 12.8. The van der Waals surface area contributed by atoms with Gasteiger partial charge in [0.2, 0.25) is 5.91 Å². The first-order valence-corrected chi connectivity index (χ1v) is 7.46. The van der Waals surface area contributed by atoms with E-state index in [9.17, 15) is 14.9 Å². The molecule has 0 aliphatic heterocycles. The molecule has 120 valence electrons. The van der Waals surface area contributed by atoms with Gasteiger partial charge in [0.15, 0.2) is 0 Å². The Balaban J connectivity index is 1.67. The number of carbonyl (C=O) groups is 1. The molecule has 1 heterocycles. The van der Waals surface area contributed by atoms with Crippen molar-refractivity contribution in [2.75, 3.05) is 0 Å². The summed E-state index contributed by atoms with van der Waals surface area (Å²) in [4.78, 5) is 26.7. The number of hydrogen-bond donors (Lipinski definition) is 1. The lowest BCUT2D eigenvalue weighted by Crippen LogP contribution is -2.24. The fourth-order valence-electron chi connectivity index (χ4n) is 2.53. The van der Waals surface area contributed by atoms with Crippen molar-refractivity contribution in [2.24, 2.45) is 0 Å². The molecule has 3 rings (SSSR count). The van der Waals surface area contributed by atoms with Gasteiger partial charge in [0, 0.05) is 30.3 Å². The Morgan fingerprint density at radius 1 is 1.12 bits per heavy atom. The molecule has 0 saturated carbocycles. The third kappa shape index (κ3) is 3.55. The summed E-state index contributed by atoms with van der Waals surface area (Å²) < 4.78 is 0. The molecule has 0 radical (unpaired) electrons. The van der Waals surface area contributed by atoms with Gasteiger partial charge >= 0.3 is 0 Å². The highest BCUT2D eigenvalue weighted by Gasteiger charge is 2.09. The van der Waals surface area contributed by atoms with E-state index in [1.807, 2.05) is 30.3 Å². The van der Waals surface area contributed by atoms with Crippen molar-refractivity contribution in [3.05, 3.63) is 82.0 Å². The van der Waals surface area contributed by atoms with E-state index in [1.165, 1.54) is 12.1 Å². The summed E-state index contributed by atoms with van der Waals surface area (Å²) in [6, 6.07) is 15.7. The lowest BCUT2D eigenvalue weighted by molar-refractivity contribution is -0.384. The predicted molar refractivity (Wildman–Crippen MR) is 90.4 cm³/mol. The first-order valence-electron chi connectivity index (χ1n) is 7.46. The molecule has 6 nitrogen and oxygen atoms in total. The molecule has 0 fully saturated rings. The van der Waals surface area contributed by atoms with E-state index in [0.717, 1.165) is 16.5 Å². The number of nitrogens with one attached hydrogen (secondary N) is 1. The molecule has 1 amide bonds. The highest BCUT2D eigenvalue weighted by Crippen LogP contribution is 2.16. The number of nitro benzene ring substituents is 1. The molecular formula is C18H15N3O3. The summed E-state index contributed by atoms with van der Waals surface area (Å²) in [5.41, 5.74) is 2.46. The molecule has 6 heteroatoms. The van der Waals surface area contributed by atoms with Gasteiger partial charge in [0.25, 0.3) is 5.69 Å². The smallest absolute Gasteiger partial charge is 0.269 e. The maximum absolute atomic E-state index is 12.1. The molecule has 0 saturated heterocycles. The zero-order valence-electron chi connectivity index (χ0n) is 12.8. The van der Waals surface area contributed by atoms with Crippen molar-refractivity contribution in [1.82, 2.24) is 10.3 Å². The van der Waals surface area contributed by atoms with Crippen LogP contribution in [0.15, 0.2) is 60.8 Å². The second-order valence-corrected chi connectivity index (χ2v) is 5.37. The second kappa shape index (κ2) is 6.87. The highest BCUT2D eigenvalue weighted by atomic mass is 16.6. The van der Waals surface area contributed by atoms with E-state index < -0.39 is 4.92 Å². The summed E-state index contributed by atoms with van der Waals surface area (Å²) in [6.07, 6.45) is 1.81. The third-order valence-corrected chi connectivity index (χ3v) is 3.70. The van der Waals surface area contributed by atoms with Gasteiger partial charge in [-0.25, -0.2) is 0 Å². The number of aromatic nitrogens is 1. The van der Waals surface area contributed by atoms with Crippen LogP contribution in [0.5, 0.6) is 0 Å². The zero-order chi connectivity index (χ0) is 16.9. The van der Waals surface area contributed by atoms with Gasteiger partial charge in [-0.15, -0.1) is 0 Å². The lowest BCUT2D eigenvalue weighted by Gasteiger charge is -2.08. The number of nitro groups is 1. The van der Waals surface area contributed by atoms with Crippen LogP contribution in [0.2, 0.25) is 0 Å². The SMILES string of the molecule is O=C(Cc1cccc([N+](=O)[O-])c1)NCc1ccnc2ccccc12. The number of benzene rings is 2. The molecule has 0 bridgehead atoms. The third-order valence-electron chi connectivity index (χ3n) is 3.70. The molecule has 0 atom stereocenters. The number of rotatable bonds is 5. The van der Waals surface area contributed by atoms with E-state index in [2.05, 4.69) is 10.3 Å². The topological polar surface area (TPSA) is 85.1 Å². The van der Waals surface area contributed by atoms with Crippen LogP contribution < -0.4 is 5.32 Å². The van der Waals surface area contributed by atoms with Gasteiger partial charge in [-0.2, -0.15) is 0 Å². The number of amides is 1. The summed E-state index contributed by atoms with van der Waals surface area (Å²) in [6.45, 7) is 0.386. The van der Waals surface area contributed by atoms with Crippen LogP contribution in [-0.4, -0.2) is 15.8 Å². The first kappa shape index (κ1) is 15.6. The fraction of sp³-hybridized carbons (Fsp3) is 0.111. The summed E-state index contributed by atoms with van der Waals surface area (Å²) in [5, 5.41) is 14.6. The molecular weight excluding hydrogens is 306 g/mol. The van der Waals surface area contributed by atoms with Gasteiger partial charge in [-0.05, 0) is 23.3 Å². The van der Waals surface area contributed by atoms with Crippen molar-refractivity contribution in [3.8, 4) is 0 Å². The van der Waals surface area contributed by atoms with Crippen molar-refractivity contribution < 1.29 is 9.72 Å². The molecule has 3 aromatic rings. The summed E-state index contributed by atoms with van der Waals surface area (Å²) >= 11 is 0. The average molecular weight is 321 g/mol. The van der Waals surface area contributed by atoms with E-state index >= 15 is 0 Å². The Morgan fingerprint density at radius 2 is 1.96 bits per heavy atom. The average Bonchev–Trinajstić information content (AvgIpc) is 2.60. The van der Waals surface area contributed by atoms with Crippen LogP contribution in [0.4, 0.5) is 5.69 Å². The van der Waals surface area contributed by atoms with Crippen LogP contribution in [0.3, 0.4) is 0 Å². The van der Waals surface area contributed by atoms with Crippen LogP contribution >= 0.6 is 0 Å². The minimum Gasteiger partial charge on any atom is -0.352 e. The number of non-ortho nitro benzene ring substituents is 1. The van der Waals surface area contributed by atoms with Crippen LogP contribution in [0.25, 0.3) is 10.9 Å². The fourth-order valence-corrected chi connectivity index (χ4v) is 2.53. The lowest BCUT2D eigenvalue weighted by atomic mass is 10.1. The molecule has 1 aromatic heterocycles. The van der Waals surface area contributed by atoms with Gasteiger partial charge in [-0.1, -0.05) is 30.3 Å². The van der Waals surface area contributed by atoms with Crippen LogP contribution in [0.1, 0.15) is 11.1 Å². The maximum atomic E-state index is 12.1. The first-order chi connectivity index (χ1) is 11.6. The Bertz CT molecular complexity index is 903. The molecule has 1 N–H and O–H groups in total. The van der Waals surface area contributed by atoms with E-state index in [-0.39, 0.29) is 18.0 Å². The predicted octanol–water partition coefficient (Wildman–Crippen LogP) is 3.00. The number of para-hydroxylation sites is 1. The standard InChI is InChI=1S/C18H15N3O3/c22-18(11-13-4-3-5-15(10-13)21(23)24)20-12-14-8-9-19-17-7-2-1-6-16(14)17/h1-10H,11-12H2,(H,20,22). The van der Waals surface area contributed by atoms with Crippen molar-refractivity contribution >= 4 is 22.5 Å². The summed E-state index contributed by atoms with van der Waals surface area (Å²) in [7, 11) is 0. The molecule has 0 unspecified atom stereocenters. The monoisotopic (exact) mass is 321 g/mol. The van der Waals surface area contributed by atoms with E-state index in [1.54, 1.807) is 18.3 Å². The quantitative estimate of drug-likeness (QED) is 0.578. The Labute approximate surface area is 138 Å². The minimum atomic E-state index is -0.468. The Hall–Kier alpha value is -3.28. The van der Waals surface area contributed by atoms with Crippen molar-refractivity contribution in [2.45, 2.75) is 13.0 Å². The minimum absolute atomic E-state index is 0.0135. The van der Waals surface area contributed by atoms with Gasteiger partial charge in [0.1, 0.15) is 0 Å². The molecule has 24 heavy (non-hydrogen) atoms. The highest BCUT2D eigenvalue weighted by molar-refractivity contribution is 5.83. The van der Waals surface area contributed by atoms with Crippen molar-refractivity contribution in [1.29, 1.82) is 0 Å². The molecule has 2 aromatic carbocycles. The largest absolute Gasteiger partial charge is 0.352 e. The van der Waals surface area contributed by atoms with Gasteiger partial charge < -0.3 is 5.32 Å². The Morgan fingerprint density at radius 3 is 2.79 bits per heavy atom. The van der Waals surface area contributed by atoms with E-state index in [0.29, 0.717) is 12.1 Å². The van der Waals surface area contributed by atoms with Gasteiger partial charge in [-0.3, -0.25) is 19.9 Å². The number of hydrogen-bond acceptors (Lipinski definition) is 4. The number of nitrogens with zero attached hydrogens (tertiary/aromatic N) is 2. The van der Waals surface area contributed by atoms with Crippen LogP contribution in [-0.2, 0) is 17.8 Å². The molecule has 0 aliphatic carbocycles. The van der Waals surface area contributed by atoms with E-state index in [4.69, 9.17) is 0 Å². The number of fused-ring (bicyclic) bond motifs is 1. The Kier molecular flexibility index (Phi) is 4.47. The number of pyridine rings is 1. The normalized spacial score (nSPS) is 10.5. The van der Waals surface area contributed by atoms with Gasteiger partial charge in [0.05, 0.1) is 16.9 Å². The second-order valence-electron chi connectivity index (χ2n) is 5.37. The maximum Gasteiger partial charge on any atom is 0.269 e. The van der Waals surface area contributed by atoms with Crippen LogP contribution in [0, 0.1) is 10.1 Å². The molecule has 0 aliphatic rings. The molecule has 0 spiro atoms.